The molecule has 2 aliphatic heterocycles. The molecule has 1 saturated heterocycles. The van der Waals surface area contributed by atoms with Crippen LogP contribution in [0.1, 0.15) is 28.8 Å². The fraction of sp³-hybridized carbons (Fsp3) is 0.250. The van der Waals surface area contributed by atoms with Gasteiger partial charge in [0.15, 0.2) is 0 Å². The number of methoxy groups -OCH3 is 1. The van der Waals surface area contributed by atoms with Gasteiger partial charge in [-0.1, -0.05) is 6.07 Å². The van der Waals surface area contributed by atoms with Crippen molar-refractivity contribution < 1.29 is 23.5 Å². The molecule has 3 heterocycles. The van der Waals surface area contributed by atoms with Crippen LogP contribution < -0.4 is 10.1 Å². The third-order valence-corrected chi connectivity index (χ3v) is 6.15. The van der Waals surface area contributed by atoms with Gasteiger partial charge in [0.05, 0.1) is 24.8 Å². The largest absolute Gasteiger partial charge is 0.496 e. The molecule has 0 aliphatic carbocycles. The van der Waals surface area contributed by atoms with E-state index in [0.717, 1.165) is 16.8 Å². The second kappa shape index (κ2) is 7.84. The second-order valence-electron chi connectivity index (χ2n) is 8.17. The molecule has 2 aliphatic rings. The van der Waals surface area contributed by atoms with Crippen LogP contribution in [0.2, 0.25) is 0 Å². The molecule has 0 bridgehead atoms. The summed E-state index contributed by atoms with van der Waals surface area (Å²) in [6.45, 7) is 0.274. The number of benzene rings is 2. The van der Waals surface area contributed by atoms with Crippen LogP contribution in [-0.2, 0) is 23.2 Å². The van der Waals surface area contributed by atoms with Gasteiger partial charge in [-0.2, -0.15) is 0 Å². The van der Waals surface area contributed by atoms with Crippen LogP contribution >= 0.6 is 0 Å². The number of aryl methyl sites for hydroxylation is 1. The molecule has 0 spiro atoms. The molecule has 2 aromatic carbocycles. The molecule has 33 heavy (non-hydrogen) atoms. The van der Waals surface area contributed by atoms with Gasteiger partial charge in [-0.3, -0.25) is 19.7 Å². The number of halogens is 1. The molecule has 1 atom stereocenters. The number of nitrogens with zero attached hydrogens (tertiary/aromatic N) is 3. The highest BCUT2D eigenvalue weighted by Crippen LogP contribution is 2.38. The number of imidazole rings is 1. The fourth-order valence-electron chi connectivity index (χ4n) is 4.54. The molecule has 0 saturated carbocycles. The topological polar surface area (TPSA) is 93.5 Å². The molecule has 0 radical (unpaired) electrons. The summed E-state index contributed by atoms with van der Waals surface area (Å²) in [7, 11) is 3.33. The Labute approximate surface area is 189 Å². The van der Waals surface area contributed by atoms with Crippen molar-refractivity contribution in [1.29, 1.82) is 0 Å². The van der Waals surface area contributed by atoms with Gasteiger partial charge >= 0.3 is 0 Å². The van der Waals surface area contributed by atoms with Crippen molar-refractivity contribution >= 4 is 17.7 Å². The summed E-state index contributed by atoms with van der Waals surface area (Å²) in [5.74, 6) is -0.999. The zero-order chi connectivity index (χ0) is 23.3. The van der Waals surface area contributed by atoms with Crippen molar-refractivity contribution in [2.24, 2.45) is 7.05 Å². The predicted octanol–water partition coefficient (Wildman–Crippen LogP) is 2.66. The van der Waals surface area contributed by atoms with Gasteiger partial charge in [0.2, 0.25) is 11.8 Å². The van der Waals surface area contributed by atoms with Crippen LogP contribution in [-0.4, -0.2) is 45.3 Å². The summed E-state index contributed by atoms with van der Waals surface area (Å²) in [5.41, 5.74) is 4.20. The van der Waals surface area contributed by atoms with Crippen molar-refractivity contribution in [2.45, 2.75) is 25.4 Å². The van der Waals surface area contributed by atoms with Crippen LogP contribution in [0.3, 0.4) is 0 Å². The van der Waals surface area contributed by atoms with E-state index < -0.39 is 17.8 Å². The number of carbonyl (C=O) groups is 3. The summed E-state index contributed by atoms with van der Waals surface area (Å²) in [4.78, 5) is 42.8. The minimum Gasteiger partial charge on any atom is -0.496 e. The highest BCUT2D eigenvalue weighted by atomic mass is 19.1. The van der Waals surface area contributed by atoms with E-state index in [2.05, 4.69) is 10.3 Å². The first-order valence-electron chi connectivity index (χ1n) is 10.5. The number of piperidine rings is 1. The van der Waals surface area contributed by atoms with E-state index >= 15 is 0 Å². The summed E-state index contributed by atoms with van der Waals surface area (Å²) in [5, 5.41) is 2.31. The second-order valence-corrected chi connectivity index (χ2v) is 8.17. The fourth-order valence-corrected chi connectivity index (χ4v) is 4.54. The molecule has 1 N–H and O–H groups in total. The highest BCUT2D eigenvalue weighted by Gasteiger charge is 2.39. The lowest BCUT2D eigenvalue weighted by molar-refractivity contribution is -0.136. The monoisotopic (exact) mass is 448 g/mol. The minimum atomic E-state index is -0.667. The molecule has 8 nitrogen and oxygen atoms in total. The van der Waals surface area contributed by atoms with E-state index in [1.807, 2.05) is 23.7 Å². The van der Waals surface area contributed by atoms with Gasteiger partial charge in [-0.15, -0.1) is 0 Å². The number of imide groups is 1. The number of rotatable bonds is 4. The lowest BCUT2D eigenvalue weighted by Crippen LogP contribution is -2.52. The summed E-state index contributed by atoms with van der Waals surface area (Å²) >= 11 is 0. The van der Waals surface area contributed by atoms with E-state index in [-0.39, 0.29) is 24.8 Å². The van der Waals surface area contributed by atoms with Gasteiger partial charge in [-0.25, -0.2) is 9.37 Å². The molecule has 1 aromatic heterocycles. The first-order chi connectivity index (χ1) is 15.9. The Hall–Kier alpha value is -4.01. The van der Waals surface area contributed by atoms with Crippen molar-refractivity contribution in [3.05, 3.63) is 59.7 Å². The molecular formula is C24H21FN4O4. The quantitative estimate of drug-likeness (QED) is 0.620. The predicted molar refractivity (Wildman–Crippen MR) is 117 cm³/mol. The normalized spacial score (nSPS) is 17.8. The zero-order valence-electron chi connectivity index (χ0n) is 18.1. The average Bonchev–Trinajstić information content (AvgIpc) is 3.33. The van der Waals surface area contributed by atoms with Crippen LogP contribution in [0.4, 0.5) is 4.39 Å². The maximum atomic E-state index is 13.7. The van der Waals surface area contributed by atoms with E-state index in [1.54, 1.807) is 18.5 Å². The van der Waals surface area contributed by atoms with Crippen molar-refractivity contribution in [2.75, 3.05) is 7.11 Å². The molecule has 168 valence electrons. The molecule has 5 rings (SSSR count). The molecule has 1 unspecified atom stereocenters. The molecular weight excluding hydrogens is 427 g/mol. The molecule has 9 heteroatoms. The molecule has 3 amide bonds. The smallest absolute Gasteiger partial charge is 0.255 e. The number of ether oxygens (including phenoxy) is 1. The third kappa shape index (κ3) is 3.45. The first kappa shape index (κ1) is 20.9. The number of amides is 3. The van der Waals surface area contributed by atoms with Crippen molar-refractivity contribution in [3.63, 3.8) is 0 Å². The van der Waals surface area contributed by atoms with E-state index in [9.17, 15) is 18.8 Å². The van der Waals surface area contributed by atoms with E-state index in [0.29, 0.717) is 29.0 Å². The van der Waals surface area contributed by atoms with Crippen LogP contribution in [0, 0.1) is 5.82 Å². The van der Waals surface area contributed by atoms with Gasteiger partial charge in [0.1, 0.15) is 17.6 Å². The van der Waals surface area contributed by atoms with Crippen LogP contribution in [0.15, 0.2) is 42.7 Å². The number of fused-ring (bicyclic) bond motifs is 1. The van der Waals surface area contributed by atoms with Gasteiger partial charge in [0.25, 0.3) is 5.91 Å². The van der Waals surface area contributed by atoms with E-state index in [1.165, 1.54) is 24.1 Å². The lowest BCUT2D eigenvalue weighted by Gasteiger charge is -2.29. The number of hydrogen-bond acceptors (Lipinski definition) is 5. The van der Waals surface area contributed by atoms with Crippen molar-refractivity contribution in [3.8, 4) is 28.3 Å². The summed E-state index contributed by atoms with van der Waals surface area (Å²) in [6.07, 6.45) is 2.19. The summed E-state index contributed by atoms with van der Waals surface area (Å²) < 4.78 is 21.0. The van der Waals surface area contributed by atoms with Gasteiger partial charge < -0.3 is 14.2 Å². The standard InChI is InChI=1S/C24H21FN4O4/c1-28-12-26-21(22(28)17-6-4-15(25)10-19(17)33-2)13-3-5-16-14(9-13)11-29(24(16)32)18-7-8-20(30)27-23(18)31/h3-6,9-10,12,18H,7-8,11H2,1-2H3,(H,27,30,31). The SMILES string of the molecule is COc1cc(F)ccc1-c1c(-c2ccc3c(c2)CN(C2CCC(=O)NC2=O)C3=O)ncn1C. The van der Waals surface area contributed by atoms with Crippen LogP contribution in [0.5, 0.6) is 5.75 Å². The Bertz CT molecular complexity index is 1320. The zero-order valence-corrected chi connectivity index (χ0v) is 18.1. The maximum absolute atomic E-state index is 13.7. The van der Waals surface area contributed by atoms with Gasteiger partial charge in [0, 0.05) is 42.8 Å². The van der Waals surface area contributed by atoms with Gasteiger partial charge in [-0.05, 0) is 36.2 Å². The third-order valence-electron chi connectivity index (χ3n) is 6.15. The Morgan fingerprint density at radius 2 is 1.91 bits per heavy atom. The highest BCUT2D eigenvalue weighted by molar-refractivity contribution is 6.05. The summed E-state index contributed by atoms with van der Waals surface area (Å²) in [6, 6.07) is 9.11. The molecule has 1 fully saturated rings. The lowest BCUT2D eigenvalue weighted by atomic mass is 10.00. The Morgan fingerprint density at radius 3 is 2.67 bits per heavy atom. The number of aromatic nitrogens is 2. The number of carbonyl (C=O) groups excluding carboxylic acids is 3. The first-order valence-corrected chi connectivity index (χ1v) is 10.5. The average molecular weight is 448 g/mol. The minimum absolute atomic E-state index is 0.207. The van der Waals surface area contributed by atoms with Crippen LogP contribution in [0.25, 0.3) is 22.5 Å². The maximum Gasteiger partial charge on any atom is 0.255 e. The number of hydrogen-bond donors (Lipinski definition) is 1. The Kier molecular flexibility index (Phi) is 4.96. The Balaban J connectivity index is 1.51. The Morgan fingerprint density at radius 1 is 1.12 bits per heavy atom. The van der Waals surface area contributed by atoms with E-state index in [4.69, 9.17) is 4.74 Å². The number of nitrogens with one attached hydrogen (secondary N) is 1. The van der Waals surface area contributed by atoms with Crippen molar-refractivity contribution in [1.82, 2.24) is 19.8 Å². The molecule has 3 aromatic rings.